The number of hydrogen-bond acceptors (Lipinski definition) is 5. The van der Waals surface area contributed by atoms with Crippen molar-refractivity contribution >= 4 is 23.1 Å². The van der Waals surface area contributed by atoms with E-state index in [-0.39, 0.29) is 0 Å². The Bertz CT molecular complexity index is 955. The first-order valence-corrected chi connectivity index (χ1v) is 8.42. The minimum absolute atomic E-state index is 0.448. The van der Waals surface area contributed by atoms with Crippen LogP contribution in [0, 0.1) is 6.92 Å². The molecule has 0 aliphatic carbocycles. The molecular formula is C19H20N4O4. The number of benzene rings is 2. The highest BCUT2D eigenvalue weighted by atomic mass is 16.5. The number of nitrogens with zero attached hydrogens (tertiary/aromatic N) is 2. The third-order valence-corrected chi connectivity index (χ3v) is 4.50. The van der Waals surface area contributed by atoms with Gasteiger partial charge in [-0.05, 0) is 36.1 Å². The number of ether oxygens (including phenoxy) is 1. The molecule has 8 nitrogen and oxygen atoms in total. The van der Waals surface area contributed by atoms with E-state index in [1.54, 1.807) is 0 Å². The van der Waals surface area contributed by atoms with Crippen molar-refractivity contribution in [2.45, 2.75) is 25.3 Å². The number of nitrogens with one attached hydrogen (secondary N) is 2. The Morgan fingerprint density at radius 2 is 1.96 bits per heavy atom. The van der Waals surface area contributed by atoms with E-state index in [1.807, 2.05) is 49.4 Å². The van der Waals surface area contributed by atoms with E-state index >= 15 is 0 Å². The molecule has 1 aromatic heterocycles. The van der Waals surface area contributed by atoms with Crippen LogP contribution in [0.2, 0.25) is 0 Å². The number of hydrogen-bond donors (Lipinski definition) is 3. The van der Waals surface area contributed by atoms with E-state index in [0.29, 0.717) is 11.9 Å². The average molecular weight is 368 g/mol. The number of aryl methyl sites for hydroxylation is 1. The number of methoxy groups -OCH3 is 1. The smallest absolute Gasteiger partial charge is 0.405 e. The van der Waals surface area contributed by atoms with Crippen molar-refractivity contribution in [2.24, 2.45) is 0 Å². The number of aromatic amines is 1. The molecule has 0 bridgehead atoms. The molecule has 1 heterocycles. The van der Waals surface area contributed by atoms with E-state index < -0.39 is 24.0 Å². The first-order valence-electron chi connectivity index (χ1n) is 8.42. The first kappa shape index (κ1) is 18.4. The third kappa shape index (κ3) is 4.05. The van der Waals surface area contributed by atoms with Crippen LogP contribution in [0.5, 0.6) is 0 Å². The fourth-order valence-electron chi connectivity index (χ4n) is 3.24. The van der Waals surface area contributed by atoms with E-state index in [0.717, 1.165) is 22.2 Å². The monoisotopic (exact) mass is 368 g/mol. The van der Waals surface area contributed by atoms with Gasteiger partial charge < -0.3 is 15.2 Å². The van der Waals surface area contributed by atoms with Crippen molar-refractivity contribution in [3.05, 3.63) is 59.2 Å². The second-order valence-electron chi connectivity index (χ2n) is 6.28. The van der Waals surface area contributed by atoms with Crippen LogP contribution in [0.15, 0.2) is 42.5 Å². The van der Waals surface area contributed by atoms with Gasteiger partial charge in [-0.25, -0.2) is 9.59 Å². The van der Waals surface area contributed by atoms with Crippen LogP contribution in [-0.4, -0.2) is 45.7 Å². The zero-order chi connectivity index (χ0) is 19.4. The lowest BCUT2D eigenvalue weighted by Crippen LogP contribution is -2.45. The van der Waals surface area contributed by atoms with E-state index in [1.165, 1.54) is 7.11 Å². The summed E-state index contributed by atoms with van der Waals surface area (Å²) in [7, 11) is 1.24. The van der Waals surface area contributed by atoms with Crippen LogP contribution in [-0.2, 0) is 16.0 Å². The Balaban J connectivity index is 2.09. The molecule has 2 atom stereocenters. The summed E-state index contributed by atoms with van der Waals surface area (Å²) in [5.74, 6) is -1.12. The van der Waals surface area contributed by atoms with E-state index in [2.05, 4.69) is 20.7 Å². The van der Waals surface area contributed by atoms with E-state index in [9.17, 15) is 14.7 Å². The average Bonchev–Trinajstić information content (AvgIpc) is 3.14. The van der Waals surface area contributed by atoms with Gasteiger partial charge in [0.05, 0.1) is 7.11 Å². The fraction of sp³-hybridized carbons (Fsp3) is 0.263. The molecule has 3 rings (SSSR count). The molecule has 3 N–H and O–H groups in total. The minimum atomic E-state index is -1.29. The zero-order valence-corrected chi connectivity index (χ0v) is 15.0. The molecule has 0 spiro atoms. The number of carboxylic acid groups (broad SMARTS) is 1. The molecule has 3 aromatic rings. The molecule has 2 unspecified atom stereocenters. The Morgan fingerprint density at radius 1 is 1.22 bits per heavy atom. The van der Waals surface area contributed by atoms with Crippen molar-refractivity contribution < 1.29 is 19.4 Å². The Morgan fingerprint density at radius 3 is 2.63 bits per heavy atom. The van der Waals surface area contributed by atoms with Crippen molar-refractivity contribution in [1.82, 2.24) is 20.7 Å². The van der Waals surface area contributed by atoms with Crippen molar-refractivity contribution in [1.29, 1.82) is 0 Å². The van der Waals surface area contributed by atoms with Crippen LogP contribution in [0.25, 0.3) is 11.0 Å². The number of carbonyl (C=O) groups excluding carboxylic acids is 1. The standard InChI is InChI=1S/C19H20N4O4/c1-11-8-13(10-15-16(11)22-23-21-15)14(9-12-6-4-3-5-7-12)17(18(24)27-2)20-19(25)26/h3-8,10,14,17,20H,9H2,1-2H3,(H,25,26)(H,21,22,23). The van der Waals surface area contributed by atoms with Gasteiger partial charge in [-0.3, -0.25) is 0 Å². The highest BCUT2D eigenvalue weighted by Gasteiger charge is 2.33. The largest absolute Gasteiger partial charge is 0.467 e. The lowest BCUT2D eigenvalue weighted by Gasteiger charge is -2.26. The van der Waals surface area contributed by atoms with Crippen molar-refractivity contribution in [3.63, 3.8) is 0 Å². The third-order valence-electron chi connectivity index (χ3n) is 4.50. The number of carbonyl (C=O) groups is 2. The van der Waals surface area contributed by atoms with Gasteiger partial charge >= 0.3 is 12.1 Å². The molecule has 27 heavy (non-hydrogen) atoms. The summed E-state index contributed by atoms with van der Waals surface area (Å²) >= 11 is 0. The lowest BCUT2D eigenvalue weighted by atomic mass is 9.84. The van der Waals surface area contributed by atoms with Gasteiger partial charge in [-0.2, -0.15) is 15.4 Å². The number of rotatable bonds is 6. The predicted molar refractivity (Wildman–Crippen MR) is 98.5 cm³/mol. The quantitative estimate of drug-likeness (QED) is 0.575. The molecule has 2 aromatic carbocycles. The van der Waals surface area contributed by atoms with Gasteiger partial charge in [0.15, 0.2) is 0 Å². The van der Waals surface area contributed by atoms with Gasteiger partial charge in [0.2, 0.25) is 0 Å². The maximum Gasteiger partial charge on any atom is 0.405 e. The minimum Gasteiger partial charge on any atom is -0.467 e. The summed E-state index contributed by atoms with van der Waals surface area (Å²) < 4.78 is 4.86. The maximum atomic E-state index is 12.4. The number of esters is 1. The molecule has 140 valence electrons. The maximum absolute atomic E-state index is 12.4. The summed E-state index contributed by atoms with van der Waals surface area (Å²) in [4.78, 5) is 23.7. The lowest BCUT2D eigenvalue weighted by molar-refractivity contribution is -0.143. The Labute approximate surface area is 155 Å². The number of aromatic nitrogens is 3. The molecule has 0 aliphatic rings. The molecule has 0 radical (unpaired) electrons. The summed E-state index contributed by atoms with van der Waals surface area (Å²) in [5, 5.41) is 22.4. The van der Waals surface area contributed by atoms with E-state index in [4.69, 9.17) is 4.74 Å². The summed E-state index contributed by atoms with van der Waals surface area (Å²) in [6, 6.07) is 12.2. The number of H-pyrrole nitrogens is 1. The second kappa shape index (κ2) is 7.86. The van der Waals surface area contributed by atoms with Crippen LogP contribution in [0.1, 0.15) is 22.6 Å². The van der Waals surface area contributed by atoms with Gasteiger partial charge in [0, 0.05) is 5.92 Å². The second-order valence-corrected chi connectivity index (χ2v) is 6.28. The van der Waals surface area contributed by atoms with Crippen molar-refractivity contribution in [3.8, 4) is 0 Å². The number of fused-ring (bicyclic) bond motifs is 1. The molecule has 0 saturated carbocycles. The molecule has 1 amide bonds. The Kier molecular flexibility index (Phi) is 5.35. The van der Waals surface area contributed by atoms with Crippen LogP contribution in [0.4, 0.5) is 4.79 Å². The van der Waals surface area contributed by atoms with Crippen molar-refractivity contribution in [2.75, 3.05) is 7.11 Å². The predicted octanol–water partition coefficient (Wildman–Crippen LogP) is 2.40. The summed E-state index contributed by atoms with van der Waals surface area (Å²) in [6.07, 6.45) is -0.841. The van der Waals surface area contributed by atoms with Crippen LogP contribution in [0.3, 0.4) is 0 Å². The van der Waals surface area contributed by atoms with Gasteiger partial charge in [0.25, 0.3) is 0 Å². The van der Waals surface area contributed by atoms with Crippen LogP contribution >= 0.6 is 0 Å². The topological polar surface area (TPSA) is 117 Å². The Hall–Kier alpha value is -3.42. The zero-order valence-electron chi connectivity index (χ0n) is 15.0. The molecule has 0 saturated heterocycles. The highest BCUT2D eigenvalue weighted by molar-refractivity contribution is 5.83. The van der Waals surface area contributed by atoms with Gasteiger partial charge in [-0.15, -0.1) is 0 Å². The van der Waals surface area contributed by atoms with Gasteiger partial charge in [-0.1, -0.05) is 36.4 Å². The normalized spacial score (nSPS) is 13.1. The molecule has 0 aliphatic heterocycles. The summed E-state index contributed by atoms with van der Waals surface area (Å²) in [6.45, 7) is 1.89. The first-order chi connectivity index (χ1) is 13.0. The summed E-state index contributed by atoms with van der Waals surface area (Å²) in [5.41, 5.74) is 4.02. The highest BCUT2D eigenvalue weighted by Crippen LogP contribution is 2.29. The fourth-order valence-corrected chi connectivity index (χ4v) is 3.24. The molecule has 0 fully saturated rings. The molecule has 8 heteroatoms. The molecular weight excluding hydrogens is 348 g/mol. The van der Waals surface area contributed by atoms with Crippen LogP contribution < -0.4 is 5.32 Å². The van der Waals surface area contributed by atoms with Gasteiger partial charge in [0.1, 0.15) is 17.1 Å². The SMILES string of the molecule is COC(=O)C(NC(=O)O)C(Cc1ccccc1)c1cc(C)c2n[nH]nc2c1. The number of amides is 1.